The van der Waals surface area contributed by atoms with Crippen molar-refractivity contribution in [3.05, 3.63) is 107 Å². The van der Waals surface area contributed by atoms with Crippen molar-refractivity contribution in [2.24, 2.45) is 4.99 Å². The smallest absolute Gasteiger partial charge is 0.405 e. The van der Waals surface area contributed by atoms with Gasteiger partial charge in [0.2, 0.25) is 0 Å². The Balaban J connectivity index is 1.20. The minimum Gasteiger partial charge on any atom is -0.405 e. The highest BCUT2D eigenvalue weighted by Crippen LogP contribution is 2.46. The highest BCUT2D eigenvalue weighted by molar-refractivity contribution is 6.12. The van der Waals surface area contributed by atoms with Crippen LogP contribution in [0, 0.1) is 0 Å². The van der Waals surface area contributed by atoms with Crippen LogP contribution in [-0.2, 0) is 11.3 Å². The van der Waals surface area contributed by atoms with E-state index in [0.717, 1.165) is 48.9 Å². The fraction of sp³-hybridized carbons (Fsp3) is 0.312. The van der Waals surface area contributed by atoms with Crippen molar-refractivity contribution in [1.82, 2.24) is 5.16 Å². The summed E-state index contributed by atoms with van der Waals surface area (Å²) >= 11 is 0. The molecule has 8 heteroatoms. The van der Waals surface area contributed by atoms with Gasteiger partial charge in [-0.05, 0) is 44.2 Å². The van der Waals surface area contributed by atoms with Gasteiger partial charge in [0.25, 0.3) is 0 Å². The van der Waals surface area contributed by atoms with E-state index in [0.29, 0.717) is 17.0 Å². The van der Waals surface area contributed by atoms with E-state index < -0.39 is 6.36 Å². The molecule has 0 aliphatic heterocycles. The van der Waals surface area contributed by atoms with Crippen LogP contribution < -0.4 is 4.74 Å². The third-order valence-corrected chi connectivity index (χ3v) is 7.36. The number of nitrogens with zero attached hydrogens (tertiary/aromatic N) is 2. The lowest BCUT2D eigenvalue weighted by molar-refractivity contribution is -0.274. The van der Waals surface area contributed by atoms with E-state index in [1.165, 1.54) is 12.1 Å². The summed E-state index contributed by atoms with van der Waals surface area (Å²) in [5.41, 5.74) is 4.37. The summed E-state index contributed by atoms with van der Waals surface area (Å²) in [7, 11) is 0. The summed E-state index contributed by atoms with van der Waals surface area (Å²) in [6.07, 6.45) is -0.420. The van der Waals surface area contributed by atoms with Crippen molar-refractivity contribution >= 4 is 5.71 Å². The second-order valence-corrected chi connectivity index (χ2v) is 10.3. The van der Waals surface area contributed by atoms with Crippen LogP contribution in [0.1, 0.15) is 60.5 Å². The molecule has 5 nitrogen and oxygen atoms in total. The van der Waals surface area contributed by atoms with Gasteiger partial charge in [-0.25, -0.2) is 0 Å². The second-order valence-electron chi connectivity index (χ2n) is 10.3. The van der Waals surface area contributed by atoms with Crippen molar-refractivity contribution in [3.63, 3.8) is 0 Å². The molecule has 2 saturated carbocycles. The maximum absolute atomic E-state index is 13.1. The highest BCUT2D eigenvalue weighted by Gasteiger charge is 2.36. The van der Waals surface area contributed by atoms with Gasteiger partial charge in [-0.3, -0.25) is 4.99 Å². The van der Waals surface area contributed by atoms with E-state index >= 15 is 0 Å². The standard InChI is InChI=1S/C32H29F3N2O3/c33-32(34,35)39-28-14-8-7-13-26(28)30-27(31(40-37-30)23-15-16-23)20-38-25-18-17-24(19-25)36-29(21-9-3-1-4-10-21)22-11-5-2-6-12-22/h1-14,23-25H,15-20H2/t24-,25+/m1/s1. The number of rotatable bonds is 9. The zero-order valence-corrected chi connectivity index (χ0v) is 21.8. The van der Waals surface area contributed by atoms with E-state index in [1.807, 2.05) is 36.4 Å². The predicted octanol–water partition coefficient (Wildman–Crippen LogP) is 8.09. The Hall–Kier alpha value is -3.91. The first kappa shape index (κ1) is 26.3. The number of aromatic nitrogens is 1. The van der Waals surface area contributed by atoms with Gasteiger partial charge in [0.15, 0.2) is 0 Å². The van der Waals surface area contributed by atoms with Crippen LogP contribution in [0.4, 0.5) is 13.2 Å². The van der Waals surface area contributed by atoms with Crippen molar-refractivity contribution < 1.29 is 27.2 Å². The molecule has 3 aromatic carbocycles. The monoisotopic (exact) mass is 546 g/mol. The maximum atomic E-state index is 13.1. The molecule has 6 rings (SSSR count). The van der Waals surface area contributed by atoms with Gasteiger partial charge in [-0.2, -0.15) is 0 Å². The quantitative estimate of drug-likeness (QED) is 0.199. The molecule has 1 heterocycles. The summed E-state index contributed by atoms with van der Waals surface area (Å²) in [4.78, 5) is 5.16. The lowest BCUT2D eigenvalue weighted by Crippen LogP contribution is -2.17. The Morgan fingerprint density at radius 2 is 1.50 bits per heavy atom. The molecule has 40 heavy (non-hydrogen) atoms. The first-order valence-electron chi connectivity index (χ1n) is 13.6. The fourth-order valence-corrected chi connectivity index (χ4v) is 5.29. The number of ether oxygens (including phenoxy) is 2. The zero-order valence-electron chi connectivity index (χ0n) is 21.8. The molecule has 2 aliphatic rings. The Kier molecular flexibility index (Phi) is 7.43. The number of benzene rings is 3. The van der Waals surface area contributed by atoms with Gasteiger partial charge in [0.05, 0.1) is 24.5 Å². The van der Waals surface area contributed by atoms with E-state index in [1.54, 1.807) is 12.1 Å². The van der Waals surface area contributed by atoms with Crippen molar-refractivity contribution in [1.29, 1.82) is 0 Å². The van der Waals surface area contributed by atoms with E-state index in [9.17, 15) is 13.2 Å². The summed E-state index contributed by atoms with van der Waals surface area (Å²) in [5.74, 6) is 0.604. The summed E-state index contributed by atoms with van der Waals surface area (Å²) in [6, 6.07) is 26.4. The van der Waals surface area contributed by atoms with Crippen LogP contribution in [0.2, 0.25) is 0 Å². The predicted molar refractivity (Wildman–Crippen MR) is 145 cm³/mol. The first-order chi connectivity index (χ1) is 19.4. The van der Waals surface area contributed by atoms with Crippen molar-refractivity contribution in [3.8, 4) is 17.0 Å². The minimum absolute atomic E-state index is 0.0296. The minimum atomic E-state index is -4.81. The molecule has 0 spiro atoms. The molecule has 206 valence electrons. The van der Waals surface area contributed by atoms with Crippen LogP contribution in [0.15, 0.2) is 94.4 Å². The average Bonchev–Trinajstić information content (AvgIpc) is 3.56. The van der Waals surface area contributed by atoms with Crippen LogP contribution >= 0.6 is 0 Å². The number of halogens is 3. The lowest BCUT2D eigenvalue weighted by Gasteiger charge is -2.15. The summed E-state index contributed by atoms with van der Waals surface area (Å²) < 4.78 is 55.5. The molecule has 2 fully saturated rings. The summed E-state index contributed by atoms with van der Waals surface area (Å²) in [6.45, 7) is 0.205. The molecule has 1 aromatic heterocycles. The third kappa shape index (κ3) is 6.12. The maximum Gasteiger partial charge on any atom is 0.573 e. The molecule has 2 atom stereocenters. The van der Waals surface area contributed by atoms with E-state index in [-0.39, 0.29) is 36.0 Å². The van der Waals surface area contributed by atoms with Gasteiger partial charge in [0, 0.05) is 28.2 Å². The fourth-order valence-electron chi connectivity index (χ4n) is 5.29. The number of hydrogen-bond acceptors (Lipinski definition) is 5. The topological polar surface area (TPSA) is 56.9 Å². The molecule has 0 saturated heterocycles. The third-order valence-electron chi connectivity index (χ3n) is 7.36. The number of alkyl halides is 3. The normalized spacial score (nSPS) is 19.0. The van der Waals surface area contributed by atoms with E-state index in [2.05, 4.69) is 34.2 Å². The molecular formula is C32H29F3N2O3. The Morgan fingerprint density at radius 3 is 2.15 bits per heavy atom. The van der Waals surface area contributed by atoms with Crippen molar-refractivity contribution in [2.45, 2.75) is 63.1 Å². The van der Waals surface area contributed by atoms with Gasteiger partial charge < -0.3 is 14.0 Å². The van der Waals surface area contributed by atoms with Gasteiger partial charge in [-0.1, -0.05) is 78.0 Å². The molecular weight excluding hydrogens is 517 g/mol. The molecule has 0 radical (unpaired) electrons. The Morgan fingerprint density at radius 1 is 0.850 bits per heavy atom. The number of para-hydroxylation sites is 1. The highest BCUT2D eigenvalue weighted by atomic mass is 19.4. The van der Waals surface area contributed by atoms with Crippen LogP contribution in [0.3, 0.4) is 0 Å². The van der Waals surface area contributed by atoms with Crippen LogP contribution in [-0.4, -0.2) is 29.4 Å². The van der Waals surface area contributed by atoms with Gasteiger partial charge in [0.1, 0.15) is 17.2 Å². The van der Waals surface area contributed by atoms with Crippen LogP contribution in [0.25, 0.3) is 11.3 Å². The van der Waals surface area contributed by atoms with Gasteiger partial charge >= 0.3 is 6.36 Å². The lowest BCUT2D eigenvalue weighted by atomic mass is 10.0. The SMILES string of the molecule is FC(F)(F)Oc1ccccc1-c1noc(C2CC2)c1CO[C@H]1CC[C@@H](N=C(c2ccccc2)c2ccccc2)C1. The van der Waals surface area contributed by atoms with Crippen LogP contribution in [0.5, 0.6) is 5.75 Å². The molecule has 0 bridgehead atoms. The first-order valence-corrected chi connectivity index (χ1v) is 13.6. The molecule has 2 aliphatic carbocycles. The Labute approximate surface area is 230 Å². The summed E-state index contributed by atoms with van der Waals surface area (Å²) in [5, 5.41) is 4.18. The van der Waals surface area contributed by atoms with Gasteiger partial charge in [-0.15, -0.1) is 13.2 Å². The molecule has 4 aromatic rings. The zero-order chi connectivity index (χ0) is 27.5. The Bertz CT molecular complexity index is 1420. The molecule has 0 unspecified atom stereocenters. The number of aliphatic imine (C=N–C) groups is 1. The molecule has 0 amide bonds. The average molecular weight is 547 g/mol. The number of hydrogen-bond donors (Lipinski definition) is 0. The second kappa shape index (κ2) is 11.3. The van der Waals surface area contributed by atoms with Crippen molar-refractivity contribution in [2.75, 3.05) is 0 Å². The van der Waals surface area contributed by atoms with E-state index in [4.69, 9.17) is 14.3 Å². The largest absolute Gasteiger partial charge is 0.573 e. The molecule has 0 N–H and O–H groups in total.